The molecule has 3 heterocycles. The predicted octanol–water partition coefficient (Wildman–Crippen LogP) is 9.36. The van der Waals surface area contributed by atoms with Crippen molar-refractivity contribution in [3.63, 3.8) is 0 Å². The van der Waals surface area contributed by atoms with Gasteiger partial charge in [-0.3, -0.25) is 9.13 Å². The highest BCUT2D eigenvalue weighted by molar-refractivity contribution is 7.25. The van der Waals surface area contributed by atoms with Crippen LogP contribution in [0, 0.1) is 0 Å². The lowest BCUT2D eigenvalue weighted by atomic mass is 10.0. The lowest BCUT2D eigenvalue weighted by molar-refractivity contribution is 0.886. The molecule has 1 aliphatic carbocycles. The van der Waals surface area contributed by atoms with Crippen molar-refractivity contribution in [3.8, 4) is 23.0 Å². The standard InChI is InChI=1S/C36H24N4S/c1-2-12-25-23(10-1)11-9-16-29(25)35-37-38-36(40-31-17-6-3-13-26(31)27-14-4-7-18-32(27)40)39(35)24-20-21-34-30(22-24)28-15-5-8-19-33(28)41-34/h1-3,5-13,15-22H,4,14H2. The Morgan fingerprint density at radius 3 is 2.37 bits per heavy atom. The minimum atomic E-state index is 0.802. The van der Waals surface area contributed by atoms with Gasteiger partial charge in [0.25, 0.3) is 0 Å². The molecule has 0 N–H and O–H groups in total. The molecule has 0 amide bonds. The summed E-state index contributed by atoms with van der Waals surface area (Å²) in [7, 11) is 0. The Kier molecular flexibility index (Phi) is 4.86. The van der Waals surface area contributed by atoms with E-state index in [1.807, 2.05) is 11.3 Å². The van der Waals surface area contributed by atoms with Gasteiger partial charge in [0.15, 0.2) is 5.82 Å². The molecule has 5 heteroatoms. The van der Waals surface area contributed by atoms with Gasteiger partial charge in [-0.05, 0) is 65.6 Å². The maximum atomic E-state index is 4.95. The monoisotopic (exact) mass is 544 g/mol. The number of hydrogen-bond acceptors (Lipinski definition) is 3. The summed E-state index contributed by atoms with van der Waals surface area (Å²) >= 11 is 1.84. The van der Waals surface area contributed by atoms with Crippen LogP contribution in [-0.4, -0.2) is 19.3 Å². The highest BCUT2D eigenvalue weighted by Gasteiger charge is 2.25. The zero-order valence-corrected chi connectivity index (χ0v) is 23.0. The molecule has 0 fully saturated rings. The summed E-state index contributed by atoms with van der Waals surface area (Å²) in [4.78, 5) is 0. The van der Waals surface area contributed by atoms with Crippen LogP contribution >= 0.6 is 11.3 Å². The van der Waals surface area contributed by atoms with E-state index in [1.165, 1.54) is 42.2 Å². The zero-order chi connectivity index (χ0) is 26.9. The van der Waals surface area contributed by atoms with Crippen molar-refractivity contribution < 1.29 is 0 Å². The van der Waals surface area contributed by atoms with E-state index in [-0.39, 0.29) is 0 Å². The lowest BCUT2D eigenvalue weighted by Gasteiger charge is -2.15. The molecule has 41 heavy (non-hydrogen) atoms. The maximum Gasteiger partial charge on any atom is 0.241 e. The van der Waals surface area contributed by atoms with Crippen LogP contribution < -0.4 is 0 Å². The zero-order valence-electron chi connectivity index (χ0n) is 22.2. The number of fused-ring (bicyclic) bond motifs is 7. The van der Waals surface area contributed by atoms with Crippen molar-refractivity contribution in [2.45, 2.75) is 12.8 Å². The van der Waals surface area contributed by atoms with E-state index < -0.39 is 0 Å². The van der Waals surface area contributed by atoms with E-state index >= 15 is 0 Å². The molecule has 4 nitrogen and oxygen atoms in total. The average Bonchev–Trinajstić information content (AvgIpc) is 3.72. The predicted molar refractivity (Wildman–Crippen MR) is 171 cm³/mol. The molecule has 8 aromatic rings. The Morgan fingerprint density at radius 2 is 1.41 bits per heavy atom. The van der Waals surface area contributed by atoms with Gasteiger partial charge in [-0.25, -0.2) is 0 Å². The van der Waals surface area contributed by atoms with E-state index in [2.05, 4.69) is 130 Å². The minimum Gasteiger partial charge on any atom is -0.278 e. The first kappa shape index (κ1) is 22.8. The van der Waals surface area contributed by atoms with E-state index in [9.17, 15) is 0 Å². The Hall–Kier alpha value is -5.00. The number of para-hydroxylation sites is 1. The summed E-state index contributed by atoms with van der Waals surface area (Å²) in [6, 6.07) is 39.1. The number of thiophene rings is 1. The molecular weight excluding hydrogens is 520 g/mol. The van der Waals surface area contributed by atoms with Gasteiger partial charge >= 0.3 is 0 Å². The number of hydrogen-bond donors (Lipinski definition) is 0. The molecule has 0 radical (unpaired) electrons. The molecule has 0 bridgehead atoms. The van der Waals surface area contributed by atoms with Gasteiger partial charge in [0, 0.05) is 31.1 Å². The van der Waals surface area contributed by atoms with E-state index in [4.69, 9.17) is 10.2 Å². The van der Waals surface area contributed by atoms with E-state index in [0.29, 0.717) is 0 Å². The van der Waals surface area contributed by atoms with Crippen molar-refractivity contribution in [2.75, 3.05) is 0 Å². The number of allylic oxidation sites excluding steroid dienone is 1. The third kappa shape index (κ3) is 3.33. The molecule has 1 aliphatic rings. The first-order chi connectivity index (χ1) is 20.3. The second-order valence-electron chi connectivity index (χ2n) is 10.6. The Bertz CT molecular complexity index is 2330. The molecule has 0 unspecified atom stereocenters. The normalized spacial score (nSPS) is 13.1. The highest BCUT2D eigenvalue weighted by atomic mass is 32.1. The second-order valence-corrected chi connectivity index (χ2v) is 11.7. The van der Waals surface area contributed by atoms with Crippen LogP contribution in [0.4, 0.5) is 0 Å². The molecule has 0 saturated heterocycles. The largest absolute Gasteiger partial charge is 0.278 e. The molecule has 0 saturated carbocycles. The topological polar surface area (TPSA) is 35.6 Å². The van der Waals surface area contributed by atoms with Crippen LogP contribution in [0.1, 0.15) is 17.7 Å². The number of aromatic nitrogens is 4. The summed E-state index contributed by atoms with van der Waals surface area (Å²) in [5.41, 5.74) is 5.85. The van der Waals surface area contributed by atoms with Gasteiger partial charge in [0.1, 0.15) is 0 Å². The molecular formula is C36H24N4S. The number of nitrogens with zero attached hydrogens (tertiary/aromatic N) is 4. The van der Waals surface area contributed by atoms with Crippen LogP contribution in [0.5, 0.6) is 0 Å². The lowest BCUT2D eigenvalue weighted by Crippen LogP contribution is -2.09. The van der Waals surface area contributed by atoms with Crippen molar-refractivity contribution in [2.24, 2.45) is 0 Å². The van der Waals surface area contributed by atoms with Gasteiger partial charge in [0.2, 0.25) is 5.95 Å². The molecule has 9 rings (SSSR count). The summed E-state index contributed by atoms with van der Waals surface area (Å²) in [5, 5.41) is 16.0. The van der Waals surface area contributed by atoms with Crippen molar-refractivity contribution in [1.29, 1.82) is 0 Å². The van der Waals surface area contributed by atoms with Crippen LogP contribution in [0.15, 0.2) is 115 Å². The first-order valence-electron chi connectivity index (χ1n) is 14.0. The van der Waals surface area contributed by atoms with E-state index in [1.54, 1.807) is 0 Å². The Labute approximate surface area is 240 Å². The molecule has 0 aliphatic heterocycles. The van der Waals surface area contributed by atoms with Crippen molar-refractivity contribution in [1.82, 2.24) is 19.3 Å². The number of aryl methyl sites for hydroxylation is 1. The van der Waals surface area contributed by atoms with Crippen LogP contribution in [-0.2, 0) is 6.42 Å². The van der Waals surface area contributed by atoms with E-state index in [0.717, 1.165) is 46.8 Å². The van der Waals surface area contributed by atoms with Gasteiger partial charge in [0.05, 0.1) is 16.9 Å². The van der Waals surface area contributed by atoms with Gasteiger partial charge < -0.3 is 0 Å². The Morgan fingerprint density at radius 1 is 0.634 bits per heavy atom. The van der Waals surface area contributed by atoms with Gasteiger partial charge in [-0.1, -0.05) is 84.9 Å². The molecule has 0 spiro atoms. The average molecular weight is 545 g/mol. The van der Waals surface area contributed by atoms with Gasteiger partial charge in [-0.2, -0.15) is 0 Å². The number of benzene rings is 5. The highest BCUT2D eigenvalue weighted by Crippen LogP contribution is 2.39. The van der Waals surface area contributed by atoms with Crippen LogP contribution in [0.25, 0.3) is 70.9 Å². The second kappa shape index (κ2) is 8.75. The fourth-order valence-electron chi connectivity index (χ4n) is 6.51. The van der Waals surface area contributed by atoms with Crippen molar-refractivity contribution in [3.05, 3.63) is 127 Å². The van der Waals surface area contributed by atoms with Crippen molar-refractivity contribution >= 4 is 59.3 Å². The third-order valence-electron chi connectivity index (χ3n) is 8.35. The quantitative estimate of drug-likeness (QED) is 0.222. The summed E-state index contributed by atoms with van der Waals surface area (Å²) in [6.45, 7) is 0. The SMILES string of the molecule is C1=Cc2c(c3ccccc3n2-c2nnc(-c3cccc4ccccc34)n2-c2ccc3sc4ccccc4c3c2)CC1. The summed E-state index contributed by atoms with van der Waals surface area (Å²) in [5.74, 6) is 1.64. The maximum absolute atomic E-state index is 4.95. The molecule has 194 valence electrons. The Balaban J connectivity index is 1.40. The minimum absolute atomic E-state index is 0.802. The first-order valence-corrected chi connectivity index (χ1v) is 14.8. The number of rotatable bonds is 3. The fraction of sp³-hybridized carbons (Fsp3) is 0.0556. The third-order valence-corrected chi connectivity index (χ3v) is 9.50. The smallest absolute Gasteiger partial charge is 0.241 e. The fourth-order valence-corrected chi connectivity index (χ4v) is 7.60. The molecule has 0 atom stereocenters. The van der Waals surface area contributed by atoms with Crippen LogP contribution in [0.3, 0.4) is 0 Å². The van der Waals surface area contributed by atoms with Gasteiger partial charge in [-0.15, -0.1) is 21.5 Å². The van der Waals surface area contributed by atoms with Crippen LogP contribution in [0.2, 0.25) is 0 Å². The summed E-state index contributed by atoms with van der Waals surface area (Å²) < 4.78 is 7.14. The molecule has 3 aromatic heterocycles. The molecule has 5 aromatic carbocycles. The summed E-state index contributed by atoms with van der Waals surface area (Å²) in [6.07, 6.45) is 6.60.